The van der Waals surface area contributed by atoms with Crippen molar-refractivity contribution < 1.29 is 4.79 Å². The van der Waals surface area contributed by atoms with E-state index in [2.05, 4.69) is 26.1 Å². The Bertz CT molecular complexity index is 404. The van der Waals surface area contributed by atoms with Crippen LogP contribution in [0.4, 0.5) is 5.69 Å². The fourth-order valence-electron chi connectivity index (χ4n) is 1.68. The zero-order chi connectivity index (χ0) is 13.0. The molecule has 3 nitrogen and oxygen atoms in total. The number of hydrogen-bond acceptors (Lipinski definition) is 2. The maximum Gasteiger partial charge on any atom is 0.251 e. The molecule has 1 rings (SSSR count). The van der Waals surface area contributed by atoms with Crippen LogP contribution in [0.15, 0.2) is 18.2 Å². The van der Waals surface area contributed by atoms with Crippen molar-refractivity contribution in [3.05, 3.63) is 28.8 Å². The number of halogens is 1. The van der Waals surface area contributed by atoms with Gasteiger partial charge >= 0.3 is 0 Å². The number of hydrogen-bond donors (Lipinski definition) is 2. The van der Waals surface area contributed by atoms with Crippen molar-refractivity contribution >= 4 is 23.2 Å². The number of nitrogens with two attached hydrogens (primary N) is 1. The fraction of sp³-hybridized carbons (Fsp3) is 0.462. The van der Waals surface area contributed by atoms with Crippen LogP contribution in [-0.2, 0) is 0 Å². The summed E-state index contributed by atoms with van der Waals surface area (Å²) in [6, 6.07) is 5.10. The summed E-state index contributed by atoms with van der Waals surface area (Å²) in [4.78, 5) is 12.0. The van der Waals surface area contributed by atoms with Crippen molar-refractivity contribution in [2.24, 2.45) is 5.92 Å². The molecule has 0 saturated carbocycles. The smallest absolute Gasteiger partial charge is 0.251 e. The van der Waals surface area contributed by atoms with E-state index >= 15 is 0 Å². The number of anilines is 1. The Kier molecular flexibility index (Phi) is 4.82. The van der Waals surface area contributed by atoms with Gasteiger partial charge in [0, 0.05) is 11.6 Å². The second-order valence-corrected chi connectivity index (χ2v) is 4.88. The topological polar surface area (TPSA) is 55.1 Å². The maximum absolute atomic E-state index is 12.0. The van der Waals surface area contributed by atoms with Crippen LogP contribution < -0.4 is 11.1 Å². The van der Waals surface area contributed by atoms with Gasteiger partial charge in [-0.25, -0.2) is 0 Å². The summed E-state index contributed by atoms with van der Waals surface area (Å²) in [5.41, 5.74) is 6.64. The molecule has 0 radical (unpaired) electrons. The molecule has 1 aromatic carbocycles. The van der Waals surface area contributed by atoms with Crippen molar-refractivity contribution in [2.45, 2.75) is 33.2 Å². The van der Waals surface area contributed by atoms with Crippen LogP contribution in [0.3, 0.4) is 0 Å². The average molecular weight is 255 g/mol. The molecule has 1 amide bonds. The van der Waals surface area contributed by atoms with E-state index in [1.54, 1.807) is 18.2 Å². The van der Waals surface area contributed by atoms with Gasteiger partial charge in [0.15, 0.2) is 0 Å². The maximum atomic E-state index is 12.0. The minimum absolute atomic E-state index is 0.103. The van der Waals surface area contributed by atoms with E-state index in [4.69, 9.17) is 17.3 Å². The van der Waals surface area contributed by atoms with Crippen LogP contribution in [0.2, 0.25) is 5.02 Å². The van der Waals surface area contributed by atoms with Crippen LogP contribution in [0.25, 0.3) is 0 Å². The first-order valence-corrected chi connectivity index (χ1v) is 6.19. The number of nitrogens with one attached hydrogen (secondary N) is 1. The second-order valence-electron chi connectivity index (χ2n) is 4.47. The summed E-state index contributed by atoms with van der Waals surface area (Å²) in [6.07, 6.45) is 0.909. The zero-order valence-electron chi connectivity index (χ0n) is 10.5. The summed E-state index contributed by atoms with van der Waals surface area (Å²) in [5.74, 6) is 0.308. The Morgan fingerprint density at radius 2 is 2.12 bits per heavy atom. The third kappa shape index (κ3) is 3.63. The summed E-state index contributed by atoms with van der Waals surface area (Å²) >= 11 is 5.81. The Morgan fingerprint density at radius 3 is 2.59 bits per heavy atom. The van der Waals surface area contributed by atoms with Gasteiger partial charge in [0.2, 0.25) is 0 Å². The van der Waals surface area contributed by atoms with Gasteiger partial charge in [0.25, 0.3) is 5.91 Å². The molecule has 0 fully saturated rings. The van der Waals surface area contributed by atoms with Crippen LogP contribution in [0, 0.1) is 5.92 Å². The number of nitrogen functional groups attached to an aromatic ring is 1. The van der Waals surface area contributed by atoms with Crippen molar-refractivity contribution in [3.8, 4) is 0 Å². The summed E-state index contributed by atoms with van der Waals surface area (Å²) in [5, 5.41) is 3.46. The summed E-state index contributed by atoms with van der Waals surface area (Å²) < 4.78 is 0. The van der Waals surface area contributed by atoms with Crippen LogP contribution in [0.1, 0.15) is 37.6 Å². The molecule has 4 heteroatoms. The highest BCUT2D eigenvalue weighted by Crippen LogP contribution is 2.19. The van der Waals surface area contributed by atoms with Crippen LogP contribution in [-0.4, -0.2) is 11.9 Å². The van der Waals surface area contributed by atoms with Gasteiger partial charge in [-0.3, -0.25) is 4.79 Å². The first-order chi connectivity index (χ1) is 7.95. The number of carbonyl (C=O) groups excluding carboxylic acids is 1. The molecule has 0 aliphatic carbocycles. The van der Waals surface area contributed by atoms with Crippen LogP contribution in [0.5, 0.6) is 0 Å². The molecule has 0 heterocycles. The number of carbonyl (C=O) groups is 1. The Labute approximate surface area is 107 Å². The number of rotatable bonds is 4. The Balaban J connectivity index is 2.79. The van der Waals surface area contributed by atoms with Gasteiger partial charge in [-0.05, 0) is 30.5 Å². The van der Waals surface area contributed by atoms with Crippen molar-refractivity contribution in [1.29, 1.82) is 0 Å². The Morgan fingerprint density at radius 1 is 1.47 bits per heavy atom. The van der Waals surface area contributed by atoms with Crippen molar-refractivity contribution in [2.75, 3.05) is 5.73 Å². The minimum Gasteiger partial charge on any atom is -0.398 e. The van der Waals surface area contributed by atoms with Crippen molar-refractivity contribution in [3.63, 3.8) is 0 Å². The average Bonchev–Trinajstić information content (AvgIpc) is 2.28. The monoisotopic (exact) mass is 254 g/mol. The fourth-order valence-corrected chi connectivity index (χ4v) is 1.79. The lowest BCUT2D eigenvalue weighted by atomic mass is 10.0. The predicted octanol–water partition coefficient (Wildman–Crippen LogP) is 3.09. The number of amides is 1. The molecule has 3 N–H and O–H groups in total. The molecule has 1 atom stereocenters. The highest BCUT2D eigenvalue weighted by Gasteiger charge is 2.15. The standard InChI is InChI=1S/C13H19ClN2O/c1-4-12(8(2)3)16-13(17)9-5-6-10(14)11(15)7-9/h5-8,12H,4,15H2,1-3H3,(H,16,17). The van der Waals surface area contributed by atoms with E-state index in [0.29, 0.717) is 22.2 Å². The molecule has 0 bridgehead atoms. The summed E-state index contributed by atoms with van der Waals surface area (Å²) in [7, 11) is 0. The molecular weight excluding hydrogens is 236 g/mol. The normalized spacial score (nSPS) is 12.5. The lowest BCUT2D eigenvalue weighted by Crippen LogP contribution is -2.38. The second kappa shape index (κ2) is 5.92. The lowest BCUT2D eigenvalue weighted by Gasteiger charge is -2.20. The third-order valence-corrected chi connectivity index (χ3v) is 3.16. The molecule has 0 spiro atoms. The van der Waals surface area contributed by atoms with E-state index in [-0.39, 0.29) is 11.9 Å². The SMILES string of the molecule is CCC(NC(=O)c1ccc(Cl)c(N)c1)C(C)C. The van der Waals surface area contributed by atoms with Crippen molar-refractivity contribution in [1.82, 2.24) is 5.32 Å². The molecule has 0 aliphatic heterocycles. The molecule has 0 saturated heterocycles. The number of benzene rings is 1. The minimum atomic E-state index is -0.103. The quantitative estimate of drug-likeness (QED) is 0.812. The van der Waals surface area contributed by atoms with E-state index in [9.17, 15) is 4.79 Å². The van der Waals surface area contributed by atoms with E-state index in [1.807, 2.05) is 0 Å². The highest BCUT2D eigenvalue weighted by atomic mass is 35.5. The molecule has 0 aromatic heterocycles. The van der Waals surface area contributed by atoms with Gasteiger partial charge < -0.3 is 11.1 Å². The predicted molar refractivity (Wildman–Crippen MR) is 72.2 cm³/mol. The molecule has 0 aliphatic rings. The first-order valence-electron chi connectivity index (χ1n) is 5.81. The molecule has 17 heavy (non-hydrogen) atoms. The van der Waals surface area contributed by atoms with Gasteiger partial charge in [0.05, 0.1) is 10.7 Å². The van der Waals surface area contributed by atoms with E-state index in [0.717, 1.165) is 6.42 Å². The molecular formula is C13H19ClN2O. The highest BCUT2D eigenvalue weighted by molar-refractivity contribution is 6.33. The van der Waals surface area contributed by atoms with E-state index in [1.165, 1.54) is 0 Å². The van der Waals surface area contributed by atoms with Gasteiger partial charge in [-0.15, -0.1) is 0 Å². The van der Waals surface area contributed by atoms with Crippen LogP contribution >= 0.6 is 11.6 Å². The van der Waals surface area contributed by atoms with Gasteiger partial charge in [0.1, 0.15) is 0 Å². The first kappa shape index (κ1) is 13.8. The third-order valence-electron chi connectivity index (χ3n) is 2.82. The van der Waals surface area contributed by atoms with E-state index < -0.39 is 0 Å². The molecule has 1 aromatic rings. The summed E-state index contributed by atoms with van der Waals surface area (Å²) in [6.45, 7) is 6.23. The zero-order valence-corrected chi connectivity index (χ0v) is 11.2. The van der Waals surface area contributed by atoms with Gasteiger partial charge in [-0.1, -0.05) is 32.4 Å². The molecule has 1 unspecified atom stereocenters. The van der Waals surface area contributed by atoms with Gasteiger partial charge in [-0.2, -0.15) is 0 Å². The molecule has 94 valence electrons. The largest absolute Gasteiger partial charge is 0.398 e. The Hall–Kier alpha value is -1.22. The lowest BCUT2D eigenvalue weighted by molar-refractivity contribution is 0.0924.